The van der Waals surface area contributed by atoms with Gasteiger partial charge in [-0.3, -0.25) is 0 Å². The summed E-state index contributed by atoms with van der Waals surface area (Å²) in [6.45, 7) is 2.92. The molecule has 1 fully saturated rings. The summed E-state index contributed by atoms with van der Waals surface area (Å²) in [5.41, 5.74) is 3.02. The Kier molecular flexibility index (Phi) is 6.52. The number of benzene rings is 1. The first-order valence-electron chi connectivity index (χ1n) is 9.77. The van der Waals surface area contributed by atoms with Crippen LogP contribution in [-0.2, 0) is 4.74 Å². The molecule has 0 aliphatic carbocycles. The van der Waals surface area contributed by atoms with Crippen molar-refractivity contribution in [1.29, 1.82) is 0 Å². The second-order valence-corrected chi connectivity index (χ2v) is 9.29. The Bertz CT molecular complexity index is 1210. The van der Waals surface area contributed by atoms with Gasteiger partial charge in [0.05, 0.1) is 46.5 Å². The van der Waals surface area contributed by atoms with Gasteiger partial charge in [-0.15, -0.1) is 0 Å². The zero-order valence-corrected chi connectivity index (χ0v) is 19.8. The third-order valence-electron chi connectivity index (χ3n) is 4.77. The smallest absolute Gasteiger partial charge is 0.222 e. The Morgan fingerprint density at radius 3 is 2.72 bits per heavy atom. The Labute approximate surface area is 202 Å². The molecule has 0 atom stereocenters. The van der Waals surface area contributed by atoms with Crippen LogP contribution in [0.4, 0.5) is 10.8 Å². The van der Waals surface area contributed by atoms with E-state index in [2.05, 4.69) is 19.6 Å². The largest absolute Gasteiger partial charge is 0.456 e. The third kappa shape index (κ3) is 4.57. The number of nitrogens with zero attached hydrogens (tertiary/aromatic N) is 4. The fraction of sp³-hybridized carbons (Fsp3) is 0.190. The molecule has 11 heteroatoms. The summed E-state index contributed by atoms with van der Waals surface area (Å²) in [6, 6.07) is 11.4. The summed E-state index contributed by atoms with van der Waals surface area (Å²) >= 11 is 15.8. The number of hydrogen-bond donors (Lipinski definition) is 1. The van der Waals surface area contributed by atoms with E-state index in [0.717, 1.165) is 45.1 Å². The maximum atomic E-state index is 6.83. The number of halogens is 2. The lowest BCUT2D eigenvalue weighted by Crippen LogP contribution is -2.36. The lowest BCUT2D eigenvalue weighted by atomic mass is 10.1. The van der Waals surface area contributed by atoms with Crippen molar-refractivity contribution >= 4 is 57.3 Å². The van der Waals surface area contributed by atoms with Crippen molar-refractivity contribution in [3.8, 4) is 21.8 Å². The summed E-state index contributed by atoms with van der Waals surface area (Å²) in [6.07, 6.45) is 3.27. The van der Waals surface area contributed by atoms with Gasteiger partial charge in [0.1, 0.15) is 0 Å². The zero-order valence-electron chi connectivity index (χ0n) is 16.6. The molecular formula is C21H17Cl2N5O2S2. The SMILES string of the molecule is Clc1nccc(-c2sc(N3CCOCC3)nc2-c2cccc(NSc3ccco3)c2Cl)n1. The second kappa shape index (κ2) is 9.68. The minimum absolute atomic E-state index is 0.186. The van der Waals surface area contributed by atoms with Crippen LogP contribution in [0.2, 0.25) is 10.3 Å². The molecule has 0 spiro atoms. The van der Waals surface area contributed by atoms with E-state index in [9.17, 15) is 0 Å². The van der Waals surface area contributed by atoms with Gasteiger partial charge in [0, 0.05) is 36.8 Å². The van der Waals surface area contributed by atoms with Crippen molar-refractivity contribution in [3.05, 3.63) is 59.2 Å². The van der Waals surface area contributed by atoms with E-state index in [1.165, 1.54) is 11.9 Å². The van der Waals surface area contributed by atoms with Crippen LogP contribution in [0.1, 0.15) is 0 Å². The number of ether oxygens (including phenoxy) is 1. The van der Waals surface area contributed by atoms with E-state index in [4.69, 9.17) is 37.3 Å². The zero-order chi connectivity index (χ0) is 21.9. The highest BCUT2D eigenvalue weighted by molar-refractivity contribution is 8.00. The summed E-state index contributed by atoms with van der Waals surface area (Å²) in [7, 11) is 0. The van der Waals surface area contributed by atoms with E-state index < -0.39 is 0 Å². The predicted molar refractivity (Wildman–Crippen MR) is 130 cm³/mol. The van der Waals surface area contributed by atoms with Crippen LogP contribution in [0.25, 0.3) is 21.8 Å². The normalized spacial score (nSPS) is 14.0. The molecule has 4 aromatic rings. The lowest BCUT2D eigenvalue weighted by molar-refractivity contribution is 0.122. The number of furan rings is 1. The Balaban J connectivity index is 1.55. The molecule has 0 radical (unpaired) electrons. The van der Waals surface area contributed by atoms with Gasteiger partial charge in [-0.25, -0.2) is 15.0 Å². The maximum absolute atomic E-state index is 6.83. The molecule has 4 heterocycles. The highest BCUT2D eigenvalue weighted by Crippen LogP contribution is 2.44. The van der Waals surface area contributed by atoms with Crippen LogP contribution >= 0.6 is 46.5 Å². The summed E-state index contributed by atoms with van der Waals surface area (Å²) in [5, 5.41) is 2.39. The van der Waals surface area contributed by atoms with Crippen molar-refractivity contribution in [2.45, 2.75) is 5.09 Å². The van der Waals surface area contributed by atoms with Crippen molar-refractivity contribution in [2.75, 3.05) is 35.9 Å². The van der Waals surface area contributed by atoms with Crippen LogP contribution in [0.15, 0.2) is 58.4 Å². The van der Waals surface area contributed by atoms with Crippen LogP contribution in [0.3, 0.4) is 0 Å². The van der Waals surface area contributed by atoms with Gasteiger partial charge in [-0.2, -0.15) is 0 Å². The Hall–Kier alpha value is -2.30. The van der Waals surface area contributed by atoms with E-state index >= 15 is 0 Å². The minimum Gasteiger partial charge on any atom is -0.456 e. The van der Waals surface area contributed by atoms with E-state index in [0.29, 0.717) is 23.9 Å². The molecule has 1 N–H and O–H groups in total. The molecule has 1 aliphatic heterocycles. The first-order chi connectivity index (χ1) is 15.7. The molecule has 0 saturated carbocycles. The van der Waals surface area contributed by atoms with Gasteiger partial charge in [0.25, 0.3) is 0 Å². The molecule has 0 bridgehead atoms. The molecule has 1 aromatic carbocycles. The van der Waals surface area contributed by atoms with Gasteiger partial charge in [-0.1, -0.05) is 35.1 Å². The van der Waals surface area contributed by atoms with Crippen LogP contribution in [0, 0.1) is 0 Å². The molecule has 7 nitrogen and oxygen atoms in total. The first-order valence-corrected chi connectivity index (χ1v) is 12.2. The average molecular weight is 506 g/mol. The quantitative estimate of drug-likeness (QED) is 0.248. The number of hydrogen-bond acceptors (Lipinski definition) is 9. The molecular weight excluding hydrogens is 489 g/mol. The molecule has 164 valence electrons. The number of thiazole rings is 1. The summed E-state index contributed by atoms with van der Waals surface area (Å²) < 4.78 is 14.1. The fourth-order valence-corrected chi connectivity index (χ4v) is 5.44. The van der Waals surface area contributed by atoms with E-state index in [-0.39, 0.29) is 5.28 Å². The first kappa shape index (κ1) is 21.5. The number of morpholine rings is 1. The van der Waals surface area contributed by atoms with E-state index in [1.807, 2.05) is 36.4 Å². The summed E-state index contributed by atoms with van der Waals surface area (Å²) in [5.74, 6) is 0. The van der Waals surface area contributed by atoms with Crippen molar-refractivity contribution in [3.63, 3.8) is 0 Å². The fourth-order valence-electron chi connectivity index (χ4n) is 3.24. The highest BCUT2D eigenvalue weighted by Gasteiger charge is 2.23. The van der Waals surface area contributed by atoms with Gasteiger partial charge >= 0.3 is 0 Å². The topological polar surface area (TPSA) is 76.3 Å². The highest BCUT2D eigenvalue weighted by atomic mass is 35.5. The lowest BCUT2D eigenvalue weighted by Gasteiger charge is -2.26. The summed E-state index contributed by atoms with van der Waals surface area (Å²) in [4.78, 5) is 16.5. The van der Waals surface area contributed by atoms with Gasteiger partial charge in [0.2, 0.25) is 5.28 Å². The van der Waals surface area contributed by atoms with Crippen LogP contribution in [-0.4, -0.2) is 41.3 Å². The van der Waals surface area contributed by atoms with Crippen molar-refractivity contribution in [1.82, 2.24) is 15.0 Å². The molecule has 0 unspecified atom stereocenters. The number of rotatable bonds is 6. The second-order valence-electron chi connectivity index (χ2n) is 6.79. The van der Waals surface area contributed by atoms with E-state index in [1.54, 1.807) is 23.8 Å². The number of aromatic nitrogens is 3. The standard InChI is InChI=1S/C21H17Cl2N5O2S2/c22-17-13(3-1-4-14(17)27-32-16-5-2-10-30-16)18-19(15-6-7-24-20(23)25-15)31-21(26-18)28-8-11-29-12-9-28/h1-7,10,27H,8-9,11-12H2. The monoisotopic (exact) mass is 505 g/mol. The van der Waals surface area contributed by atoms with Gasteiger partial charge in [0.15, 0.2) is 10.2 Å². The predicted octanol–water partition coefficient (Wildman–Crippen LogP) is 6.12. The van der Waals surface area contributed by atoms with Crippen molar-refractivity contribution in [2.24, 2.45) is 0 Å². The molecule has 3 aromatic heterocycles. The Morgan fingerprint density at radius 1 is 1.06 bits per heavy atom. The van der Waals surface area contributed by atoms with Gasteiger partial charge in [-0.05, 0) is 35.9 Å². The molecule has 32 heavy (non-hydrogen) atoms. The molecule has 1 aliphatic rings. The van der Waals surface area contributed by atoms with Crippen molar-refractivity contribution < 1.29 is 9.15 Å². The Morgan fingerprint density at radius 2 is 1.94 bits per heavy atom. The maximum Gasteiger partial charge on any atom is 0.222 e. The molecule has 5 rings (SSSR count). The van der Waals surface area contributed by atoms with Gasteiger partial charge < -0.3 is 18.8 Å². The molecule has 1 saturated heterocycles. The number of nitrogens with one attached hydrogen (secondary N) is 1. The van der Waals surface area contributed by atoms with Crippen LogP contribution < -0.4 is 9.62 Å². The third-order valence-corrected chi connectivity index (χ3v) is 7.25. The van der Waals surface area contributed by atoms with Crippen LogP contribution in [0.5, 0.6) is 0 Å². The number of anilines is 2. The molecule has 0 amide bonds. The average Bonchev–Trinajstić information content (AvgIpc) is 3.49. The minimum atomic E-state index is 0.186.